The molecule has 2 heterocycles. The van der Waals surface area contributed by atoms with Crippen LogP contribution in [0.5, 0.6) is 0 Å². The Morgan fingerprint density at radius 3 is 2.47 bits per heavy atom. The summed E-state index contributed by atoms with van der Waals surface area (Å²) in [4.78, 5) is 21.4. The van der Waals surface area contributed by atoms with Gasteiger partial charge in [-0.25, -0.2) is 4.85 Å². The van der Waals surface area contributed by atoms with E-state index in [1.807, 2.05) is 68.7 Å². The lowest BCUT2D eigenvalue weighted by molar-refractivity contribution is -0.126. The van der Waals surface area contributed by atoms with Gasteiger partial charge in [0.15, 0.2) is 11.5 Å². The van der Waals surface area contributed by atoms with E-state index in [1.165, 1.54) is 0 Å². The van der Waals surface area contributed by atoms with Crippen LogP contribution in [0.15, 0.2) is 53.5 Å². The molecule has 0 saturated carbocycles. The largest absolute Gasteiger partial charge is 0.299 e. The van der Waals surface area contributed by atoms with Crippen molar-refractivity contribution >= 4 is 17.2 Å². The predicted molar refractivity (Wildman–Crippen MR) is 116 cm³/mol. The number of hydrogen-bond donors (Lipinski definition) is 0. The third kappa shape index (κ3) is 3.43. The van der Waals surface area contributed by atoms with E-state index in [1.54, 1.807) is 12.1 Å². The van der Waals surface area contributed by atoms with Gasteiger partial charge in [-0.3, -0.25) is 14.4 Å². The predicted octanol–water partition coefficient (Wildman–Crippen LogP) is 5.02. The van der Waals surface area contributed by atoms with Gasteiger partial charge < -0.3 is 0 Å². The summed E-state index contributed by atoms with van der Waals surface area (Å²) in [6.45, 7) is 14.9. The number of carbonyl (C=O) groups is 1. The molecule has 4 rings (SSSR count). The number of ketones is 1. The van der Waals surface area contributed by atoms with Gasteiger partial charge in [0, 0.05) is 17.4 Å². The second-order valence-electron chi connectivity index (χ2n) is 8.49. The summed E-state index contributed by atoms with van der Waals surface area (Å²) in [6.07, 6.45) is 0.249. The van der Waals surface area contributed by atoms with Crippen molar-refractivity contribution in [1.29, 1.82) is 0 Å². The number of rotatable bonds is 3. The first-order valence-corrected chi connectivity index (χ1v) is 9.90. The molecule has 6 heteroatoms. The normalized spacial score (nSPS) is 15.4. The van der Waals surface area contributed by atoms with Gasteiger partial charge in [-0.2, -0.15) is 0 Å². The number of Topliss-reactive ketones (excluding diaryl/α,β-unsaturated/α-hetero) is 1. The quantitative estimate of drug-likeness (QED) is 0.583. The zero-order chi connectivity index (χ0) is 21.5. The maximum atomic E-state index is 12.9. The van der Waals surface area contributed by atoms with Crippen LogP contribution in [-0.2, 0) is 4.79 Å². The van der Waals surface area contributed by atoms with E-state index in [2.05, 4.69) is 15.0 Å². The highest BCUT2D eigenvalue weighted by Crippen LogP contribution is 2.34. The second kappa shape index (κ2) is 7.34. The fraction of sp³-hybridized carbons (Fsp3) is 0.292. The fourth-order valence-corrected chi connectivity index (χ4v) is 3.59. The molecule has 1 aliphatic rings. The molecule has 0 amide bonds. The van der Waals surface area contributed by atoms with Crippen LogP contribution >= 0.6 is 0 Å². The molecule has 1 atom stereocenters. The number of aromatic nitrogens is 3. The minimum Gasteiger partial charge on any atom is -0.299 e. The summed E-state index contributed by atoms with van der Waals surface area (Å²) in [7, 11) is 0. The summed E-state index contributed by atoms with van der Waals surface area (Å²) in [5, 5.41) is 8.68. The zero-order valence-corrected chi connectivity index (χ0v) is 17.5. The molecule has 30 heavy (non-hydrogen) atoms. The Morgan fingerprint density at radius 2 is 1.80 bits per heavy atom. The number of nitrogens with zero attached hydrogens (tertiary/aromatic N) is 5. The van der Waals surface area contributed by atoms with E-state index in [0.717, 1.165) is 28.4 Å². The highest BCUT2D eigenvalue weighted by atomic mass is 16.1. The first-order valence-electron chi connectivity index (χ1n) is 9.90. The number of benzene rings is 2. The lowest BCUT2D eigenvalue weighted by Crippen LogP contribution is -2.23. The van der Waals surface area contributed by atoms with Gasteiger partial charge in [-0.1, -0.05) is 63.2 Å². The van der Waals surface area contributed by atoms with Crippen LogP contribution < -0.4 is 0 Å². The van der Waals surface area contributed by atoms with Crippen LogP contribution in [0.25, 0.3) is 10.5 Å². The van der Waals surface area contributed by atoms with Crippen LogP contribution in [0.1, 0.15) is 56.0 Å². The Balaban J connectivity index is 1.93. The molecular weight excluding hydrogens is 374 g/mol. The summed E-state index contributed by atoms with van der Waals surface area (Å²) in [6, 6.07) is 14.9. The molecular formula is C24H23N5O. The number of hydrogen-bond acceptors (Lipinski definition) is 4. The van der Waals surface area contributed by atoms with Gasteiger partial charge in [0.25, 0.3) is 0 Å². The van der Waals surface area contributed by atoms with Crippen LogP contribution in [0.4, 0.5) is 5.69 Å². The number of aliphatic imine (C=N–C) groups is 1. The highest BCUT2D eigenvalue weighted by Gasteiger charge is 2.32. The molecule has 0 bridgehead atoms. The van der Waals surface area contributed by atoms with Crippen molar-refractivity contribution in [2.45, 2.75) is 40.2 Å². The van der Waals surface area contributed by atoms with Gasteiger partial charge in [-0.15, -0.1) is 10.2 Å². The number of fused-ring (bicyclic) bond motifs is 3. The SMILES string of the molecule is [C-]#[N+]c1ccc(C2=N[C@@H](CC(=O)C(C)(C)C)c3nnc(C)n3-c3ccccc32)cc1. The minimum absolute atomic E-state index is 0.122. The summed E-state index contributed by atoms with van der Waals surface area (Å²) in [5.74, 6) is 1.55. The number of aryl methyl sites for hydroxylation is 1. The molecule has 0 spiro atoms. The topological polar surface area (TPSA) is 64.5 Å². The van der Waals surface area contributed by atoms with Crippen LogP contribution in [-0.4, -0.2) is 26.3 Å². The summed E-state index contributed by atoms with van der Waals surface area (Å²) < 4.78 is 2.00. The minimum atomic E-state index is -0.466. The monoisotopic (exact) mass is 397 g/mol. The third-order valence-electron chi connectivity index (χ3n) is 5.32. The molecule has 0 radical (unpaired) electrons. The molecule has 1 aromatic heterocycles. The molecule has 6 nitrogen and oxygen atoms in total. The van der Waals surface area contributed by atoms with E-state index in [-0.39, 0.29) is 12.2 Å². The van der Waals surface area contributed by atoms with Gasteiger partial charge in [0.1, 0.15) is 17.6 Å². The van der Waals surface area contributed by atoms with Gasteiger partial charge in [-0.05, 0) is 18.6 Å². The highest BCUT2D eigenvalue weighted by molar-refractivity contribution is 6.15. The molecule has 150 valence electrons. The van der Waals surface area contributed by atoms with E-state index in [0.29, 0.717) is 11.5 Å². The lowest BCUT2D eigenvalue weighted by atomic mass is 9.87. The van der Waals surface area contributed by atoms with Gasteiger partial charge >= 0.3 is 0 Å². The number of carbonyl (C=O) groups excluding carboxylic acids is 1. The molecule has 2 aromatic carbocycles. The second-order valence-corrected chi connectivity index (χ2v) is 8.49. The Hall–Kier alpha value is -3.59. The molecule has 0 fully saturated rings. The lowest BCUT2D eigenvalue weighted by Gasteiger charge is -2.19. The van der Waals surface area contributed by atoms with E-state index >= 15 is 0 Å². The van der Waals surface area contributed by atoms with Gasteiger partial charge in [0.2, 0.25) is 0 Å². The van der Waals surface area contributed by atoms with Crippen molar-refractivity contribution in [3.05, 3.63) is 82.7 Å². The van der Waals surface area contributed by atoms with Crippen molar-refractivity contribution < 1.29 is 4.79 Å². The Labute approximate surface area is 176 Å². The van der Waals surface area contributed by atoms with Crippen molar-refractivity contribution in [3.8, 4) is 5.69 Å². The molecule has 0 saturated heterocycles. The van der Waals surface area contributed by atoms with E-state index in [9.17, 15) is 4.79 Å². The van der Waals surface area contributed by atoms with Gasteiger partial charge in [0.05, 0.1) is 18.0 Å². The van der Waals surface area contributed by atoms with Crippen LogP contribution in [0.3, 0.4) is 0 Å². The Kier molecular flexibility index (Phi) is 4.83. The first-order chi connectivity index (χ1) is 14.3. The summed E-state index contributed by atoms with van der Waals surface area (Å²) in [5.41, 5.74) is 3.69. The maximum absolute atomic E-state index is 12.9. The first kappa shape index (κ1) is 19.7. The molecule has 0 unspecified atom stereocenters. The van der Waals surface area contributed by atoms with Crippen molar-refractivity contribution in [3.63, 3.8) is 0 Å². The van der Waals surface area contributed by atoms with E-state index < -0.39 is 11.5 Å². The molecule has 3 aromatic rings. The average molecular weight is 397 g/mol. The Bertz CT molecular complexity index is 1190. The van der Waals surface area contributed by atoms with Crippen molar-refractivity contribution in [1.82, 2.24) is 14.8 Å². The average Bonchev–Trinajstić information content (AvgIpc) is 3.05. The van der Waals surface area contributed by atoms with Crippen molar-refractivity contribution in [2.24, 2.45) is 10.4 Å². The van der Waals surface area contributed by atoms with Crippen molar-refractivity contribution in [2.75, 3.05) is 0 Å². The third-order valence-corrected chi connectivity index (χ3v) is 5.32. The number of para-hydroxylation sites is 1. The Morgan fingerprint density at radius 1 is 1.10 bits per heavy atom. The molecule has 1 aliphatic heterocycles. The summed E-state index contributed by atoms with van der Waals surface area (Å²) >= 11 is 0. The zero-order valence-electron chi connectivity index (χ0n) is 17.5. The molecule has 0 N–H and O–H groups in total. The van der Waals surface area contributed by atoms with Crippen LogP contribution in [0.2, 0.25) is 0 Å². The smallest absolute Gasteiger partial charge is 0.187 e. The maximum Gasteiger partial charge on any atom is 0.187 e. The standard InChI is InChI=1S/C24H23N5O/c1-15-27-28-23-19(14-21(30)24(2,3)4)26-22(16-10-12-17(25-5)13-11-16)18-8-6-7-9-20(18)29(15)23/h6-13,19H,14H2,1-4H3/t19-/m0/s1. The fourth-order valence-electron chi connectivity index (χ4n) is 3.59. The molecule has 0 aliphatic carbocycles. The van der Waals surface area contributed by atoms with E-state index in [4.69, 9.17) is 11.6 Å². The van der Waals surface area contributed by atoms with Crippen LogP contribution in [0, 0.1) is 18.9 Å².